The number of anilines is 1. The van der Waals surface area contributed by atoms with Gasteiger partial charge in [-0.15, -0.1) is 0 Å². The van der Waals surface area contributed by atoms with E-state index in [1.165, 1.54) is 6.33 Å². The van der Waals surface area contributed by atoms with Gasteiger partial charge in [-0.25, -0.2) is 9.97 Å². The van der Waals surface area contributed by atoms with Crippen LogP contribution in [-0.4, -0.2) is 33.8 Å². The van der Waals surface area contributed by atoms with Gasteiger partial charge in [0.1, 0.15) is 12.1 Å². The molecule has 0 aromatic carbocycles. The van der Waals surface area contributed by atoms with Gasteiger partial charge in [-0.3, -0.25) is 0 Å². The van der Waals surface area contributed by atoms with Crippen molar-refractivity contribution in [2.75, 3.05) is 11.9 Å². The molecule has 5 nitrogen and oxygen atoms in total. The van der Waals surface area contributed by atoms with Gasteiger partial charge in [0.25, 0.3) is 0 Å². The predicted octanol–water partition coefficient (Wildman–Crippen LogP) is 0.810. The Balaban J connectivity index is 1.93. The maximum absolute atomic E-state index is 9.14. The van der Waals surface area contributed by atoms with E-state index < -0.39 is 0 Å². The Morgan fingerprint density at radius 2 is 2.33 bits per heavy atom. The molecule has 0 unspecified atom stereocenters. The summed E-state index contributed by atoms with van der Waals surface area (Å²) in [6, 6.07) is 2.10. The SMILES string of the molecule is CCOc1cc(NC2CC(O)C2)ncn1. The van der Waals surface area contributed by atoms with E-state index in [-0.39, 0.29) is 6.10 Å². The van der Waals surface area contributed by atoms with Crippen molar-refractivity contribution in [1.29, 1.82) is 0 Å². The van der Waals surface area contributed by atoms with E-state index in [0.717, 1.165) is 18.7 Å². The highest BCUT2D eigenvalue weighted by molar-refractivity contribution is 5.38. The van der Waals surface area contributed by atoms with E-state index in [2.05, 4.69) is 15.3 Å². The van der Waals surface area contributed by atoms with Gasteiger partial charge in [-0.2, -0.15) is 0 Å². The number of nitrogens with one attached hydrogen (secondary N) is 1. The van der Waals surface area contributed by atoms with Crippen molar-refractivity contribution in [3.8, 4) is 5.88 Å². The number of aliphatic hydroxyl groups excluding tert-OH is 1. The van der Waals surface area contributed by atoms with Crippen molar-refractivity contribution in [2.24, 2.45) is 0 Å². The second-order valence-electron chi connectivity index (χ2n) is 3.64. The molecule has 0 radical (unpaired) electrons. The first-order chi connectivity index (χ1) is 7.28. The fraction of sp³-hybridized carbons (Fsp3) is 0.600. The minimum absolute atomic E-state index is 0.157. The Morgan fingerprint density at radius 3 is 3.00 bits per heavy atom. The number of hydrogen-bond acceptors (Lipinski definition) is 5. The standard InChI is InChI=1S/C10H15N3O2/c1-2-15-10-5-9(11-6-12-10)13-7-3-8(14)4-7/h5-8,14H,2-4H2,1H3,(H,11,12,13). The van der Waals surface area contributed by atoms with Crippen LogP contribution >= 0.6 is 0 Å². The van der Waals surface area contributed by atoms with Crippen LogP contribution < -0.4 is 10.1 Å². The molecular weight excluding hydrogens is 194 g/mol. The molecule has 0 amide bonds. The van der Waals surface area contributed by atoms with Crippen molar-refractivity contribution < 1.29 is 9.84 Å². The Kier molecular flexibility index (Phi) is 3.01. The summed E-state index contributed by atoms with van der Waals surface area (Å²) >= 11 is 0. The zero-order chi connectivity index (χ0) is 10.7. The molecule has 0 aliphatic heterocycles. The van der Waals surface area contributed by atoms with E-state index in [1.807, 2.05) is 6.92 Å². The molecule has 0 bridgehead atoms. The van der Waals surface area contributed by atoms with Crippen LogP contribution in [0.2, 0.25) is 0 Å². The van der Waals surface area contributed by atoms with Crippen molar-refractivity contribution in [3.63, 3.8) is 0 Å². The van der Waals surface area contributed by atoms with Gasteiger partial charge in [-0.1, -0.05) is 0 Å². The van der Waals surface area contributed by atoms with Crippen LogP contribution in [0.25, 0.3) is 0 Å². The average Bonchev–Trinajstić information content (AvgIpc) is 2.17. The molecule has 1 aliphatic rings. The highest BCUT2D eigenvalue weighted by Gasteiger charge is 2.27. The van der Waals surface area contributed by atoms with Crippen LogP contribution in [0, 0.1) is 0 Å². The molecule has 5 heteroatoms. The second-order valence-corrected chi connectivity index (χ2v) is 3.64. The lowest BCUT2D eigenvalue weighted by Crippen LogP contribution is -2.39. The Labute approximate surface area is 88.5 Å². The molecule has 2 rings (SSSR count). The van der Waals surface area contributed by atoms with Crippen LogP contribution in [0.15, 0.2) is 12.4 Å². The van der Waals surface area contributed by atoms with Gasteiger partial charge in [0.2, 0.25) is 5.88 Å². The predicted molar refractivity (Wildman–Crippen MR) is 55.9 cm³/mol. The first-order valence-corrected chi connectivity index (χ1v) is 5.17. The smallest absolute Gasteiger partial charge is 0.218 e. The summed E-state index contributed by atoms with van der Waals surface area (Å²) < 4.78 is 5.26. The summed E-state index contributed by atoms with van der Waals surface area (Å²) in [7, 11) is 0. The van der Waals surface area contributed by atoms with Crippen molar-refractivity contribution >= 4 is 5.82 Å². The van der Waals surface area contributed by atoms with E-state index in [1.54, 1.807) is 6.07 Å². The van der Waals surface area contributed by atoms with Gasteiger partial charge >= 0.3 is 0 Å². The molecule has 1 aliphatic carbocycles. The van der Waals surface area contributed by atoms with Gasteiger partial charge in [0.05, 0.1) is 12.7 Å². The molecule has 2 N–H and O–H groups in total. The van der Waals surface area contributed by atoms with E-state index >= 15 is 0 Å². The van der Waals surface area contributed by atoms with E-state index in [9.17, 15) is 0 Å². The maximum atomic E-state index is 9.14. The molecule has 1 aromatic heterocycles. The number of aliphatic hydroxyl groups is 1. The lowest BCUT2D eigenvalue weighted by molar-refractivity contribution is 0.0835. The first kappa shape index (κ1) is 10.2. The summed E-state index contributed by atoms with van der Waals surface area (Å²) in [6.45, 7) is 2.51. The largest absolute Gasteiger partial charge is 0.478 e. The van der Waals surface area contributed by atoms with Crippen LogP contribution in [0.5, 0.6) is 5.88 Å². The highest BCUT2D eigenvalue weighted by Crippen LogP contribution is 2.23. The van der Waals surface area contributed by atoms with Crippen molar-refractivity contribution in [3.05, 3.63) is 12.4 Å². The Bertz CT molecular complexity index is 326. The van der Waals surface area contributed by atoms with Gasteiger partial charge < -0.3 is 15.2 Å². The summed E-state index contributed by atoms with van der Waals surface area (Å²) in [6.07, 6.45) is 2.89. The van der Waals surface area contributed by atoms with Crippen LogP contribution in [0.3, 0.4) is 0 Å². The quantitative estimate of drug-likeness (QED) is 0.768. The zero-order valence-electron chi connectivity index (χ0n) is 8.68. The van der Waals surface area contributed by atoms with Gasteiger partial charge in [0.15, 0.2) is 0 Å². The summed E-state index contributed by atoms with van der Waals surface area (Å²) in [5.41, 5.74) is 0. The number of nitrogens with zero attached hydrogens (tertiary/aromatic N) is 2. The van der Waals surface area contributed by atoms with Gasteiger partial charge in [-0.05, 0) is 19.8 Å². The molecular formula is C10H15N3O2. The van der Waals surface area contributed by atoms with Crippen LogP contribution in [0.4, 0.5) is 5.82 Å². The molecule has 1 heterocycles. The highest BCUT2D eigenvalue weighted by atomic mass is 16.5. The number of aromatic nitrogens is 2. The summed E-state index contributed by atoms with van der Waals surface area (Å²) in [4.78, 5) is 8.06. The molecule has 82 valence electrons. The Hall–Kier alpha value is -1.36. The fourth-order valence-corrected chi connectivity index (χ4v) is 1.56. The average molecular weight is 209 g/mol. The maximum Gasteiger partial charge on any atom is 0.218 e. The summed E-state index contributed by atoms with van der Waals surface area (Å²) in [5.74, 6) is 1.33. The number of ether oxygens (including phenoxy) is 1. The Morgan fingerprint density at radius 1 is 1.53 bits per heavy atom. The minimum Gasteiger partial charge on any atom is -0.478 e. The monoisotopic (exact) mass is 209 g/mol. The molecule has 1 saturated carbocycles. The number of rotatable bonds is 4. The lowest BCUT2D eigenvalue weighted by Gasteiger charge is -2.32. The molecule has 0 saturated heterocycles. The molecule has 1 fully saturated rings. The fourth-order valence-electron chi connectivity index (χ4n) is 1.56. The summed E-state index contributed by atoms with van der Waals surface area (Å²) in [5, 5.41) is 12.4. The third-order valence-electron chi connectivity index (χ3n) is 2.40. The zero-order valence-corrected chi connectivity index (χ0v) is 8.68. The molecule has 0 atom stereocenters. The lowest BCUT2D eigenvalue weighted by atomic mass is 9.89. The number of hydrogen-bond donors (Lipinski definition) is 2. The van der Waals surface area contributed by atoms with E-state index in [4.69, 9.17) is 9.84 Å². The van der Waals surface area contributed by atoms with Gasteiger partial charge in [0, 0.05) is 12.1 Å². The minimum atomic E-state index is -0.157. The van der Waals surface area contributed by atoms with Crippen LogP contribution in [0.1, 0.15) is 19.8 Å². The normalized spacial score (nSPS) is 24.4. The third kappa shape index (κ3) is 2.56. The first-order valence-electron chi connectivity index (χ1n) is 5.17. The van der Waals surface area contributed by atoms with Crippen molar-refractivity contribution in [2.45, 2.75) is 31.9 Å². The van der Waals surface area contributed by atoms with Crippen LogP contribution in [-0.2, 0) is 0 Å². The van der Waals surface area contributed by atoms with Crippen molar-refractivity contribution in [1.82, 2.24) is 9.97 Å². The van der Waals surface area contributed by atoms with E-state index in [0.29, 0.717) is 18.5 Å². The molecule has 0 spiro atoms. The second kappa shape index (κ2) is 4.44. The molecule has 1 aromatic rings. The third-order valence-corrected chi connectivity index (χ3v) is 2.40. The molecule has 15 heavy (non-hydrogen) atoms. The topological polar surface area (TPSA) is 67.3 Å².